The minimum absolute atomic E-state index is 0.124. The number of carbonyl (C=O) groups excluding carboxylic acids is 1. The lowest BCUT2D eigenvalue weighted by Crippen LogP contribution is -2.12. The van der Waals surface area contributed by atoms with Gasteiger partial charge in [0.05, 0.1) is 0 Å². The van der Waals surface area contributed by atoms with E-state index < -0.39 is 0 Å². The fourth-order valence-corrected chi connectivity index (χ4v) is 2.61. The van der Waals surface area contributed by atoms with E-state index in [0.717, 1.165) is 5.69 Å². The predicted molar refractivity (Wildman–Crippen MR) is 83.0 cm³/mol. The average Bonchev–Trinajstić information content (AvgIpc) is 2.89. The van der Waals surface area contributed by atoms with Gasteiger partial charge in [-0.15, -0.1) is 11.8 Å². The number of carbonyl (C=O) groups is 1. The van der Waals surface area contributed by atoms with Crippen molar-refractivity contribution in [2.45, 2.75) is 31.1 Å². The smallest absolute Gasteiger partial charge is 0.226 e. The van der Waals surface area contributed by atoms with Crippen LogP contribution in [-0.2, 0) is 4.79 Å². The molecule has 0 aliphatic heterocycles. The Labute approximate surface area is 127 Å². The number of rotatable bonds is 6. The molecule has 6 heteroatoms. The molecule has 0 saturated carbocycles. The zero-order valence-corrected chi connectivity index (χ0v) is 12.8. The molecule has 1 aromatic heterocycles. The van der Waals surface area contributed by atoms with Crippen molar-refractivity contribution >= 4 is 23.5 Å². The second-order valence-corrected chi connectivity index (χ2v) is 6.08. The van der Waals surface area contributed by atoms with Crippen LogP contribution < -0.4 is 5.32 Å². The van der Waals surface area contributed by atoms with Gasteiger partial charge in [-0.2, -0.15) is 5.10 Å². The highest BCUT2D eigenvalue weighted by Crippen LogP contribution is 2.22. The third-order valence-electron chi connectivity index (χ3n) is 2.91. The summed E-state index contributed by atoms with van der Waals surface area (Å²) >= 11 is 1.33. The van der Waals surface area contributed by atoms with Crippen LogP contribution in [0.2, 0.25) is 0 Å². The van der Waals surface area contributed by atoms with Gasteiger partial charge in [0.25, 0.3) is 0 Å². The van der Waals surface area contributed by atoms with Crippen molar-refractivity contribution in [1.82, 2.24) is 10.2 Å². The van der Waals surface area contributed by atoms with Gasteiger partial charge in [0, 0.05) is 28.8 Å². The summed E-state index contributed by atoms with van der Waals surface area (Å²) < 4.78 is 13.4. The Morgan fingerprint density at radius 2 is 2.19 bits per heavy atom. The minimum atomic E-state index is -0.253. The maximum Gasteiger partial charge on any atom is 0.226 e. The van der Waals surface area contributed by atoms with Crippen molar-refractivity contribution in [1.29, 1.82) is 0 Å². The third kappa shape index (κ3) is 4.60. The van der Waals surface area contributed by atoms with E-state index in [0.29, 0.717) is 28.8 Å². The molecule has 0 unspecified atom stereocenters. The van der Waals surface area contributed by atoms with Crippen molar-refractivity contribution in [2.75, 3.05) is 11.1 Å². The van der Waals surface area contributed by atoms with E-state index >= 15 is 0 Å². The number of hydrogen-bond acceptors (Lipinski definition) is 3. The molecule has 0 spiro atoms. The van der Waals surface area contributed by atoms with Gasteiger partial charge in [-0.25, -0.2) is 4.39 Å². The number of aromatic amines is 1. The molecule has 21 heavy (non-hydrogen) atoms. The molecule has 1 amide bonds. The summed E-state index contributed by atoms with van der Waals surface area (Å²) in [4.78, 5) is 12.4. The topological polar surface area (TPSA) is 57.8 Å². The number of amides is 1. The quantitative estimate of drug-likeness (QED) is 0.798. The van der Waals surface area contributed by atoms with Crippen LogP contribution in [0.25, 0.3) is 0 Å². The lowest BCUT2D eigenvalue weighted by Gasteiger charge is -2.03. The Morgan fingerprint density at radius 3 is 2.86 bits per heavy atom. The predicted octanol–water partition coefficient (Wildman–Crippen LogP) is 3.79. The van der Waals surface area contributed by atoms with Gasteiger partial charge in [0.1, 0.15) is 5.82 Å². The van der Waals surface area contributed by atoms with Crippen LogP contribution in [0.4, 0.5) is 10.2 Å². The van der Waals surface area contributed by atoms with Gasteiger partial charge in [-0.05, 0) is 18.1 Å². The first-order valence-corrected chi connectivity index (χ1v) is 7.77. The second-order valence-electron chi connectivity index (χ2n) is 4.94. The van der Waals surface area contributed by atoms with E-state index in [1.165, 1.54) is 17.8 Å². The highest BCUT2D eigenvalue weighted by Gasteiger charge is 2.09. The number of anilines is 1. The van der Waals surface area contributed by atoms with Gasteiger partial charge < -0.3 is 5.32 Å². The maximum atomic E-state index is 13.4. The SMILES string of the molecule is CC(C)c1cc(NC(=O)CCSc2ccccc2F)n[nH]1. The van der Waals surface area contributed by atoms with Crippen LogP contribution in [0.3, 0.4) is 0 Å². The van der Waals surface area contributed by atoms with Crippen LogP contribution in [0, 0.1) is 5.82 Å². The number of hydrogen-bond donors (Lipinski definition) is 2. The minimum Gasteiger partial charge on any atom is -0.309 e. The van der Waals surface area contributed by atoms with E-state index in [1.54, 1.807) is 18.2 Å². The molecule has 4 nitrogen and oxygen atoms in total. The highest BCUT2D eigenvalue weighted by atomic mass is 32.2. The summed E-state index contributed by atoms with van der Waals surface area (Å²) in [5, 5.41) is 9.64. The Kier molecular flexibility index (Phi) is 5.38. The van der Waals surface area contributed by atoms with E-state index in [-0.39, 0.29) is 11.7 Å². The monoisotopic (exact) mass is 307 g/mol. The van der Waals surface area contributed by atoms with Crippen LogP contribution in [0.1, 0.15) is 31.9 Å². The number of aromatic nitrogens is 2. The van der Waals surface area contributed by atoms with Gasteiger partial charge in [-0.3, -0.25) is 9.89 Å². The Hall–Kier alpha value is -1.82. The van der Waals surface area contributed by atoms with Gasteiger partial charge >= 0.3 is 0 Å². The standard InChI is InChI=1S/C15H18FN3OS/c1-10(2)12-9-14(19-18-12)17-15(20)7-8-21-13-6-4-3-5-11(13)16/h3-6,9-10H,7-8H2,1-2H3,(H2,17,18,19,20). The Balaban J connectivity index is 1.78. The fraction of sp³-hybridized carbons (Fsp3) is 0.333. The number of nitrogens with zero attached hydrogens (tertiary/aromatic N) is 1. The number of benzene rings is 1. The van der Waals surface area contributed by atoms with Crippen molar-refractivity contribution in [3.05, 3.63) is 41.8 Å². The molecule has 2 aromatic rings. The van der Waals surface area contributed by atoms with Gasteiger partial charge in [0.15, 0.2) is 5.82 Å². The molecule has 0 fully saturated rings. The normalized spacial score (nSPS) is 10.9. The van der Waals surface area contributed by atoms with Crippen LogP contribution in [0.5, 0.6) is 0 Å². The largest absolute Gasteiger partial charge is 0.309 e. The summed E-state index contributed by atoms with van der Waals surface area (Å²) in [7, 11) is 0. The van der Waals surface area contributed by atoms with Crippen molar-refractivity contribution < 1.29 is 9.18 Å². The maximum absolute atomic E-state index is 13.4. The molecular weight excluding hydrogens is 289 g/mol. The number of nitrogens with one attached hydrogen (secondary N) is 2. The van der Waals surface area contributed by atoms with Crippen LogP contribution in [-0.4, -0.2) is 21.9 Å². The Morgan fingerprint density at radius 1 is 1.43 bits per heavy atom. The first kappa shape index (κ1) is 15.6. The molecule has 0 aliphatic rings. The number of thioether (sulfide) groups is 1. The van der Waals surface area contributed by atoms with Crippen molar-refractivity contribution in [3.63, 3.8) is 0 Å². The van der Waals surface area contributed by atoms with E-state index in [2.05, 4.69) is 15.5 Å². The molecule has 2 N–H and O–H groups in total. The molecule has 0 aliphatic carbocycles. The van der Waals surface area contributed by atoms with Crippen molar-refractivity contribution in [3.8, 4) is 0 Å². The van der Waals surface area contributed by atoms with Gasteiger partial charge in [-0.1, -0.05) is 26.0 Å². The molecular formula is C15H18FN3OS. The molecule has 0 bridgehead atoms. The lowest BCUT2D eigenvalue weighted by molar-refractivity contribution is -0.115. The van der Waals surface area contributed by atoms with Crippen molar-refractivity contribution in [2.24, 2.45) is 0 Å². The number of H-pyrrole nitrogens is 1. The second kappa shape index (κ2) is 7.26. The summed E-state index contributed by atoms with van der Waals surface area (Å²) in [6.45, 7) is 4.09. The molecule has 2 rings (SSSR count). The zero-order valence-electron chi connectivity index (χ0n) is 12.0. The van der Waals surface area contributed by atoms with Gasteiger partial charge in [0.2, 0.25) is 5.91 Å². The molecule has 0 atom stereocenters. The van der Waals surface area contributed by atoms with Crippen LogP contribution in [0.15, 0.2) is 35.2 Å². The van der Waals surface area contributed by atoms with E-state index in [1.807, 2.05) is 19.9 Å². The Bertz CT molecular complexity index is 612. The number of halogens is 1. The molecule has 112 valence electrons. The highest BCUT2D eigenvalue weighted by molar-refractivity contribution is 7.99. The molecule has 0 radical (unpaired) electrons. The summed E-state index contributed by atoms with van der Waals surface area (Å²) in [5.74, 6) is 1.01. The summed E-state index contributed by atoms with van der Waals surface area (Å²) in [6.07, 6.45) is 0.308. The first-order valence-electron chi connectivity index (χ1n) is 6.78. The zero-order chi connectivity index (χ0) is 15.2. The molecule has 0 saturated heterocycles. The lowest BCUT2D eigenvalue weighted by atomic mass is 10.1. The summed E-state index contributed by atoms with van der Waals surface area (Å²) in [6, 6.07) is 8.38. The van der Waals surface area contributed by atoms with E-state index in [9.17, 15) is 9.18 Å². The average molecular weight is 307 g/mol. The summed E-state index contributed by atoms with van der Waals surface area (Å²) in [5.41, 5.74) is 0.978. The first-order chi connectivity index (χ1) is 10.1. The fourth-order valence-electron chi connectivity index (χ4n) is 1.72. The molecule has 1 heterocycles. The van der Waals surface area contributed by atoms with Crippen LogP contribution >= 0.6 is 11.8 Å². The molecule has 1 aromatic carbocycles. The van der Waals surface area contributed by atoms with E-state index in [4.69, 9.17) is 0 Å². The third-order valence-corrected chi connectivity index (χ3v) is 3.96.